The summed E-state index contributed by atoms with van der Waals surface area (Å²) < 4.78 is 13.1. The maximum absolute atomic E-state index is 12.7. The number of carboxylic acids is 1. The summed E-state index contributed by atoms with van der Waals surface area (Å²) >= 11 is 0. The van der Waals surface area contributed by atoms with Gasteiger partial charge in [-0.15, -0.1) is 0 Å². The summed E-state index contributed by atoms with van der Waals surface area (Å²) in [6.07, 6.45) is 2.83. The number of aliphatic carboxylic acids is 1. The van der Waals surface area contributed by atoms with Gasteiger partial charge in [-0.25, -0.2) is 9.59 Å². The number of hydrogen-bond acceptors (Lipinski definition) is 4. The van der Waals surface area contributed by atoms with Crippen molar-refractivity contribution in [2.45, 2.75) is 57.5 Å². The average molecular weight is 313 g/mol. The number of carbonyl (C=O) groups is 3. The van der Waals surface area contributed by atoms with Crippen molar-refractivity contribution in [1.82, 2.24) is 10.2 Å². The molecule has 0 bridgehead atoms. The summed E-state index contributed by atoms with van der Waals surface area (Å²) in [5.41, 5.74) is 0. The Kier molecular flexibility index (Phi) is 5.13. The van der Waals surface area contributed by atoms with E-state index in [1.165, 1.54) is 4.90 Å². The highest BCUT2D eigenvalue weighted by molar-refractivity contribution is 5.89. The van der Waals surface area contributed by atoms with Crippen molar-refractivity contribution in [3.05, 3.63) is 0 Å². The van der Waals surface area contributed by atoms with Crippen LogP contribution in [0.25, 0.3) is 0 Å². The van der Waals surface area contributed by atoms with E-state index in [-0.39, 0.29) is 13.0 Å². The summed E-state index contributed by atoms with van der Waals surface area (Å²) in [5.74, 6) is -2.19. The van der Waals surface area contributed by atoms with Gasteiger partial charge in [-0.1, -0.05) is 19.3 Å². The first-order valence-electron chi connectivity index (χ1n) is 8.33. The SMILES string of the molecule is [2H]C1(C[C@H](NC(=O)OCC)C(=O)N2CCC[C@H]2C(=O)O)CCC1. The molecule has 0 aromatic rings. The van der Waals surface area contributed by atoms with Crippen LogP contribution < -0.4 is 5.32 Å². The fourth-order valence-electron chi connectivity index (χ4n) is 2.92. The molecule has 1 aliphatic carbocycles. The van der Waals surface area contributed by atoms with Crippen LogP contribution in [-0.2, 0) is 14.3 Å². The van der Waals surface area contributed by atoms with Gasteiger partial charge >= 0.3 is 12.1 Å². The number of nitrogens with zero attached hydrogens (tertiary/aromatic N) is 1. The molecule has 2 aliphatic rings. The number of carboxylic acid groups (broad SMARTS) is 1. The topological polar surface area (TPSA) is 95.9 Å². The first-order chi connectivity index (χ1) is 10.9. The largest absolute Gasteiger partial charge is 0.480 e. The molecule has 0 aromatic carbocycles. The van der Waals surface area contributed by atoms with Crippen LogP contribution >= 0.6 is 0 Å². The van der Waals surface area contributed by atoms with Gasteiger partial charge in [-0.2, -0.15) is 0 Å². The van der Waals surface area contributed by atoms with Crippen LogP contribution in [0, 0.1) is 5.89 Å². The zero-order chi connectivity index (χ0) is 17.0. The Morgan fingerprint density at radius 2 is 2.09 bits per heavy atom. The summed E-state index contributed by atoms with van der Waals surface area (Å²) in [6, 6.07) is -1.76. The molecule has 2 rings (SSSR count). The Labute approximate surface area is 131 Å². The number of amides is 2. The quantitative estimate of drug-likeness (QED) is 0.772. The molecule has 1 aliphatic heterocycles. The molecule has 124 valence electrons. The standard InChI is InChI=1S/C15H24N2O5/c1-2-22-15(21)16-11(9-10-5-3-6-10)13(18)17-8-4-7-12(17)14(19)20/h10-12H,2-9H2,1H3,(H,16,21)(H,19,20)/t11-,12-/m0/s1/i10D. The zero-order valence-corrected chi connectivity index (χ0v) is 12.8. The number of likely N-dealkylation sites (tertiary alicyclic amines) is 1. The summed E-state index contributed by atoms with van der Waals surface area (Å²) in [4.78, 5) is 37.0. The Balaban J connectivity index is 2.09. The molecule has 7 heteroatoms. The van der Waals surface area contributed by atoms with Gasteiger partial charge in [0.05, 0.1) is 6.61 Å². The fourth-order valence-corrected chi connectivity index (χ4v) is 2.92. The maximum atomic E-state index is 12.7. The Bertz CT molecular complexity index is 480. The van der Waals surface area contributed by atoms with E-state index >= 15 is 0 Å². The number of alkyl carbamates (subject to hydrolysis) is 1. The highest BCUT2D eigenvalue weighted by Crippen LogP contribution is 2.31. The highest BCUT2D eigenvalue weighted by Gasteiger charge is 2.39. The molecule has 2 fully saturated rings. The van der Waals surface area contributed by atoms with E-state index in [1.54, 1.807) is 6.92 Å². The predicted octanol–water partition coefficient (Wildman–Crippen LogP) is 1.37. The van der Waals surface area contributed by atoms with Crippen LogP contribution in [0.5, 0.6) is 0 Å². The maximum Gasteiger partial charge on any atom is 0.407 e. The van der Waals surface area contributed by atoms with Crippen LogP contribution in [0.4, 0.5) is 4.79 Å². The Hall–Kier alpha value is -1.79. The van der Waals surface area contributed by atoms with E-state index in [9.17, 15) is 19.5 Å². The van der Waals surface area contributed by atoms with Gasteiger partial charge in [0.2, 0.25) is 5.91 Å². The molecule has 7 nitrogen and oxygen atoms in total. The number of carbonyl (C=O) groups excluding carboxylic acids is 2. The third-order valence-corrected chi connectivity index (χ3v) is 4.24. The van der Waals surface area contributed by atoms with E-state index in [0.717, 1.165) is 6.42 Å². The molecular weight excluding hydrogens is 288 g/mol. The van der Waals surface area contributed by atoms with Crippen molar-refractivity contribution in [1.29, 1.82) is 0 Å². The lowest BCUT2D eigenvalue weighted by atomic mass is 9.80. The summed E-state index contributed by atoms with van der Waals surface area (Å²) in [5, 5.41) is 11.7. The van der Waals surface area contributed by atoms with Gasteiger partial charge in [-0.05, 0) is 32.1 Å². The van der Waals surface area contributed by atoms with Gasteiger partial charge in [-0.3, -0.25) is 4.79 Å². The second kappa shape index (κ2) is 7.47. The number of ether oxygens (including phenoxy) is 1. The van der Waals surface area contributed by atoms with Crippen LogP contribution in [0.15, 0.2) is 0 Å². The minimum atomic E-state index is -1.03. The Morgan fingerprint density at radius 1 is 1.36 bits per heavy atom. The smallest absolute Gasteiger partial charge is 0.407 e. The van der Waals surface area contributed by atoms with E-state index in [4.69, 9.17) is 6.11 Å². The second-order valence-corrected chi connectivity index (χ2v) is 5.75. The third-order valence-electron chi connectivity index (χ3n) is 4.24. The van der Waals surface area contributed by atoms with Crippen molar-refractivity contribution in [3.8, 4) is 0 Å². The second-order valence-electron chi connectivity index (χ2n) is 5.75. The van der Waals surface area contributed by atoms with Crippen molar-refractivity contribution in [2.24, 2.45) is 5.89 Å². The third kappa shape index (κ3) is 3.90. The van der Waals surface area contributed by atoms with Crippen molar-refractivity contribution >= 4 is 18.0 Å². The molecule has 22 heavy (non-hydrogen) atoms. The molecule has 2 N–H and O–H groups in total. The molecular formula is C15H24N2O5. The molecule has 2 atom stereocenters. The van der Waals surface area contributed by atoms with Gasteiger partial charge in [0.25, 0.3) is 0 Å². The predicted molar refractivity (Wildman–Crippen MR) is 78.3 cm³/mol. The van der Waals surface area contributed by atoms with Crippen LogP contribution in [-0.4, -0.2) is 53.2 Å². The number of rotatable bonds is 6. The molecule has 0 spiro atoms. The first-order valence-corrected chi connectivity index (χ1v) is 7.83. The normalized spacial score (nSPS) is 24.9. The minimum Gasteiger partial charge on any atom is -0.480 e. The fraction of sp³-hybridized carbons (Fsp3) is 0.800. The zero-order valence-electron chi connectivity index (χ0n) is 13.8. The van der Waals surface area contributed by atoms with Crippen molar-refractivity contribution in [2.75, 3.05) is 13.2 Å². The molecule has 1 heterocycles. The van der Waals surface area contributed by atoms with Gasteiger partial charge in [0.15, 0.2) is 0 Å². The van der Waals surface area contributed by atoms with E-state index in [0.29, 0.717) is 32.2 Å². The van der Waals surface area contributed by atoms with E-state index < -0.39 is 35.9 Å². The van der Waals surface area contributed by atoms with E-state index in [1.807, 2.05) is 0 Å². The lowest BCUT2D eigenvalue weighted by molar-refractivity contribution is -0.149. The van der Waals surface area contributed by atoms with Crippen molar-refractivity contribution in [3.63, 3.8) is 0 Å². The monoisotopic (exact) mass is 313 g/mol. The van der Waals surface area contributed by atoms with Crippen molar-refractivity contribution < 1.29 is 25.6 Å². The molecule has 2 amide bonds. The van der Waals surface area contributed by atoms with Gasteiger partial charge in [0, 0.05) is 7.92 Å². The molecule has 1 saturated heterocycles. The average Bonchev–Trinajstić information content (AvgIpc) is 2.94. The molecule has 0 aromatic heterocycles. The van der Waals surface area contributed by atoms with E-state index in [2.05, 4.69) is 5.32 Å². The molecule has 0 radical (unpaired) electrons. The summed E-state index contributed by atoms with van der Waals surface area (Å²) in [7, 11) is 0. The number of hydrogen-bond donors (Lipinski definition) is 2. The molecule has 0 unspecified atom stereocenters. The van der Waals surface area contributed by atoms with Gasteiger partial charge < -0.3 is 20.1 Å². The lowest BCUT2D eigenvalue weighted by Crippen LogP contribution is -2.52. The van der Waals surface area contributed by atoms with Crippen LogP contribution in [0.3, 0.4) is 0 Å². The molecule has 1 saturated carbocycles. The van der Waals surface area contributed by atoms with Gasteiger partial charge in [0.1, 0.15) is 12.1 Å². The Morgan fingerprint density at radius 3 is 2.64 bits per heavy atom. The lowest BCUT2D eigenvalue weighted by Gasteiger charge is -2.32. The highest BCUT2D eigenvalue weighted by atomic mass is 16.5. The first kappa shape index (κ1) is 15.1. The van der Waals surface area contributed by atoms with Crippen LogP contribution in [0.1, 0.15) is 46.8 Å². The number of nitrogens with one attached hydrogen (secondary N) is 1. The minimum absolute atomic E-state index is 0.181. The summed E-state index contributed by atoms with van der Waals surface area (Å²) in [6.45, 7) is 2.21. The van der Waals surface area contributed by atoms with Crippen LogP contribution in [0.2, 0.25) is 0 Å².